The second-order valence-electron chi connectivity index (χ2n) is 7.39. The summed E-state index contributed by atoms with van der Waals surface area (Å²) in [5, 5.41) is 0. The fraction of sp³-hybridized carbons (Fsp3) is 0.778. The molecule has 0 unspecified atom stereocenters. The zero-order chi connectivity index (χ0) is 15.6. The number of aromatic nitrogens is 2. The molecular weight excluding hydrogens is 286 g/mol. The maximum Gasteiger partial charge on any atom is 0.150 e. The Bertz CT molecular complexity index is 514. The molecule has 1 aromatic rings. The molecule has 1 aliphatic carbocycles. The Morgan fingerprint density at radius 3 is 2.09 bits per heavy atom. The number of rotatable bonds is 3. The zero-order valence-electron chi connectivity index (χ0n) is 14.3. The van der Waals surface area contributed by atoms with Crippen molar-refractivity contribution in [2.24, 2.45) is 0 Å². The fourth-order valence-corrected chi connectivity index (χ4v) is 4.48. The van der Waals surface area contributed by atoms with Gasteiger partial charge in [-0.05, 0) is 19.8 Å². The molecule has 1 aromatic heterocycles. The maximum absolute atomic E-state index is 4.49. The first-order valence-corrected chi connectivity index (χ1v) is 9.32. The summed E-state index contributed by atoms with van der Waals surface area (Å²) in [5.74, 6) is 1.07. The molecule has 0 N–H and O–H groups in total. The van der Waals surface area contributed by atoms with Crippen molar-refractivity contribution in [3.63, 3.8) is 0 Å². The Morgan fingerprint density at radius 1 is 0.826 bits per heavy atom. The number of aryl methyl sites for hydroxylation is 1. The SMILES string of the molecule is Cc1nccnc1N1CC(N2CCN(C3CCCCC3)CC2)C1. The van der Waals surface area contributed by atoms with E-state index in [1.54, 1.807) is 12.4 Å². The van der Waals surface area contributed by atoms with Crippen LogP contribution in [0.1, 0.15) is 37.8 Å². The van der Waals surface area contributed by atoms with Crippen molar-refractivity contribution in [1.29, 1.82) is 0 Å². The Morgan fingerprint density at radius 2 is 1.43 bits per heavy atom. The third-order valence-corrected chi connectivity index (χ3v) is 5.97. The Kier molecular flexibility index (Phi) is 4.49. The summed E-state index contributed by atoms with van der Waals surface area (Å²) in [7, 11) is 0. The molecule has 5 nitrogen and oxygen atoms in total. The van der Waals surface area contributed by atoms with Gasteiger partial charge in [-0.3, -0.25) is 14.8 Å². The first-order chi connectivity index (χ1) is 11.3. The molecule has 1 saturated carbocycles. The largest absolute Gasteiger partial charge is 0.352 e. The van der Waals surface area contributed by atoms with E-state index in [4.69, 9.17) is 0 Å². The quantitative estimate of drug-likeness (QED) is 0.851. The molecule has 4 rings (SSSR count). The molecular formula is C18H29N5. The van der Waals surface area contributed by atoms with Gasteiger partial charge in [0, 0.05) is 63.7 Å². The summed E-state index contributed by atoms with van der Waals surface area (Å²) < 4.78 is 0. The van der Waals surface area contributed by atoms with E-state index in [-0.39, 0.29) is 0 Å². The van der Waals surface area contributed by atoms with Gasteiger partial charge >= 0.3 is 0 Å². The lowest BCUT2D eigenvalue weighted by Gasteiger charge is -2.50. The molecule has 3 aliphatic rings. The minimum atomic E-state index is 0.713. The minimum Gasteiger partial charge on any atom is -0.352 e. The monoisotopic (exact) mass is 315 g/mol. The van der Waals surface area contributed by atoms with Gasteiger partial charge in [0.2, 0.25) is 0 Å². The Balaban J connectivity index is 1.25. The van der Waals surface area contributed by atoms with Crippen molar-refractivity contribution in [2.45, 2.75) is 51.1 Å². The average molecular weight is 315 g/mol. The molecule has 2 aliphatic heterocycles. The van der Waals surface area contributed by atoms with Gasteiger partial charge in [0.1, 0.15) is 5.82 Å². The summed E-state index contributed by atoms with van der Waals surface area (Å²) >= 11 is 0. The van der Waals surface area contributed by atoms with Gasteiger partial charge in [0.15, 0.2) is 0 Å². The number of anilines is 1. The maximum atomic E-state index is 4.49. The van der Waals surface area contributed by atoms with E-state index >= 15 is 0 Å². The van der Waals surface area contributed by atoms with E-state index in [2.05, 4.69) is 31.6 Å². The lowest BCUT2D eigenvalue weighted by molar-refractivity contribution is 0.0486. The Hall–Kier alpha value is -1.20. The van der Waals surface area contributed by atoms with Crippen LogP contribution in [0.25, 0.3) is 0 Å². The molecule has 0 amide bonds. The minimum absolute atomic E-state index is 0.713. The van der Waals surface area contributed by atoms with E-state index in [1.165, 1.54) is 58.3 Å². The molecule has 0 bridgehead atoms. The van der Waals surface area contributed by atoms with Crippen LogP contribution in [0.3, 0.4) is 0 Å². The summed E-state index contributed by atoms with van der Waals surface area (Å²) in [6.45, 7) is 9.31. The van der Waals surface area contributed by atoms with Crippen LogP contribution in [0.5, 0.6) is 0 Å². The molecule has 0 atom stereocenters. The number of piperazine rings is 1. The van der Waals surface area contributed by atoms with Crippen LogP contribution >= 0.6 is 0 Å². The molecule has 5 heteroatoms. The van der Waals surface area contributed by atoms with Crippen molar-refractivity contribution >= 4 is 5.82 Å². The second kappa shape index (κ2) is 6.73. The number of hydrogen-bond donors (Lipinski definition) is 0. The van der Waals surface area contributed by atoms with Crippen molar-refractivity contribution in [1.82, 2.24) is 19.8 Å². The molecule has 3 fully saturated rings. The Labute approximate surface area is 139 Å². The second-order valence-corrected chi connectivity index (χ2v) is 7.39. The summed E-state index contributed by atoms with van der Waals surface area (Å²) in [6.07, 6.45) is 10.8. The van der Waals surface area contributed by atoms with Crippen molar-refractivity contribution < 1.29 is 0 Å². The smallest absolute Gasteiger partial charge is 0.150 e. The van der Waals surface area contributed by atoms with Crippen LogP contribution < -0.4 is 4.90 Å². The van der Waals surface area contributed by atoms with Gasteiger partial charge in [-0.15, -0.1) is 0 Å². The molecule has 0 spiro atoms. The van der Waals surface area contributed by atoms with Gasteiger partial charge in [0.05, 0.1) is 5.69 Å². The van der Waals surface area contributed by atoms with Crippen molar-refractivity contribution in [3.8, 4) is 0 Å². The number of nitrogens with zero attached hydrogens (tertiary/aromatic N) is 5. The fourth-order valence-electron chi connectivity index (χ4n) is 4.48. The number of hydrogen-bond acceptors (Lipinski definition) is 5. The highest BCUT2D eigenvalue weighted by Gasteiger charge is 2.35. The highest BCUT2D eigenvalue weighted by atomic mass is 15.4. The van der Waals surface area contributed by atoms with Gasteiger partial charge in [-0.2, -0.15) is 0 Å². The van der Waals surface area contributed by atoms with E-state index in [1.807, 2.05) is 0 Å². The van der Waals surface area contributed by atoms with Gasteiger partial charge in [-0.25, -0.2) is 4.98 Å². The van der Waals surface area contributed by atoms with Crippen LogP contribution in [0.4, 0.5) is 5.82 Å². The summed E-state index contributed by atoms with van der Waals surface area (Å²) in [4.78, 5) is 16.7. The topological polar surface area (TPSA) is 35.5 Å². The van der Waals surface area contributed by atoms with E-state index < -0.39 is 0 Å². The molecule has 3 heterocycles. The molecule has 23 heavy (non-hydrogen) atoms. The molecule has 2 saturated heterocycles. The zero-order valence-corrected chi connectivity index (χ0v) is 14.3. The summed E-state index contributed by atoms with van der Waals surface area (Å²) in [5.41, 5.74) is 1.05. The first-order valence-electron chi connectivity index (χ1n) is 9.32. The van der Waals surface area contributed by atoms with E-state index in [0.29, 0.717) is 6.04 Å². The van der Waals surface area contributed by atoms with E-state index in [0.717, 1.165) is 30.6 Å². The van der Waals surface area contributed by atoms with Crippen LogP contribution in [0.15, 0.2) is 12.4 Å². The van der Waals surface area contributed by atoms with Crippen molar-refractivity contribution in [3.05, 3.63) is 18.1 Å². The standard InChI is InChI=1S/C18H29N5/c1-15-18(20-8-7-19-15)23-13-17(14-23)22-11-9-21(10-12-22)16-5-3-2-4-6-16/h7-8,16-17H,2-6,9-14H2,1H3. The summed E-state index contributed by atoms with van der Waals surface area (Å²) in [6, 6.07) is 1.59. The molecule has 126 valence electrons. The van der Waals surface area contributed by atoms with E-state index in [9.17, 15) is 0 Å². The molecule has 0 aromatic carbocycles. The average Bonchev–Trinajstić information content (AvgIpc) is 2.57. The van der Waals surface area contributed by atoms with Gasteiger partial charge in [-0.1, -0.05) is 19.3 Å². The normalized spacial score (nSPS) is 25.5. The molecule has 0 radical (unpaired) electrons. The predicted octanol–water partition coefficient (Wildman–Crippen LogP) is 1.92. The first kappa shape index (κ1) is 15.3. The highest BCUT2D eigenvalue weighted by molar-refractivity contribution is 5.45. The lowest BCUT2D eigenvalue weighted by Crippen LogP contribution is -2.64. The van der Waals surface area contributed by atoms with Crippen LogP contribution in [-0.2, 0) is 0 Å². The third-order valence-electron chi connectivity index (χ3n) is 5.97. The van der Waals surface area contributed by atoms with Crippen molar-refractivity contribution in [2.75, 3.05) is 44.2 Å². The third kappa shape index (κ3) is 3.22. The predicted molar refractivity (Wildman–Crippen MR) is 92.8 cm³/mol. The van der Waals surface area contributed by atoms with Gasteiger partial charge in [0.25, 0.3) is 0 Å². The van der Waals surface area contributed by atoms with Crippen LogP contribution in [0, 0.1) is 6.92 Å². The van der Waals surface area contributed by atoms with Gasteiger partial charge < -0.3 is 4.90 Å². The highest BCUT2D eigenvalue weighted by Crippen LogP contribution is 2.27. The van der Waals surface area contributed by atoms with Crippen LogP contribution in [0.2, 0.25) is 0 Å². The lowest BCUT2D eigenvalue weighted by atomic mass is 9.93. The van der Waals surface area contributed by atoms with Crippen LogP contribution in [-0.4, -0.2) is 71.1 Å².